The molecule has 0 radical (unpaired) electrons. The number of nitrogens with one attached hydrogen (secondary N) is 2. The fourth-order valence-electron chi connectivity index (χ4n) is 3.81. The van der Waals surface area contributed by atoms with Gasteiger partial charge in [0.15, 0.2) is 5.69 Å². The number of alkyl halides is 3. The van der Waals surface area contributed by atoms with Gasteiger partial charge in [0.2, 0.25) is 0 Å². The summed E-state index contributed by atoms with van der Waals surface area (Å²) < 4.78 is 41.3. The SMILES string of the molecule is CC1=C(C(=O)NCCc2ccc(Cl)c(Cl)c2)C(c2ccc(Cl)c(Cl)c2)n2nc(C(F)(F)F)cc2N1. The highest BCUT2D eigenvalue weighted by molar-refractivity contribution is 6.42. The highest BCUT2D eigenvalue weighted by Crippen LogP contribution is 2.40. The molecule has 0 saturated heterocycles. The van der Waals surface area contributed by atoms with Crippen LogP contribution in [0.25, 0.3) is 0 Å². The van der Waals surface area contributed by atoms with Crippen LogP contribution in [0.15, 0.2) is 53.7 Å². The summed E-state index contributed by atoms with van der Waals surface area (Å²) in [6.45, 7) is 1.86. The minimum absolute atomic E-state index is 0.0956. The Morgan fingerprint density at radius 2 is 1.69 bits per heavy atom. The summed E-state index contributed by atoms with van der Waals surface area (Å²) in [6.07, 6.45) is -4.20. The molecule has 184 valence electrons. The minimum Gasteiger partial charge on any atom is -0.352 e. The van der Waals surface area contributed by atoms with Crippen molar-refractivity contribution in [3.8, 4) is 0 Å². The average Bonchev–Trinajstić information content (AvgIpc) is 3.21. The lowest BCUT2D eigenvalue weighted by Gasteiger charge is -2.30. The van der Waals surface area contributed by atoms with E-state index in [4.69, 9.17) is 46.4 Å². The van der Waals surface area contributed by atoms with E-state index in [1.165, 1.54) is 12.1 Å². The summed E-state index contributed by atoms with van der Waals surface area (Å²) in [5.74, 6) is -0.376. The molecule has 0 bridgehead atoms. The molecule has 0 fully saturated rings. The molecule has 3 aromatic rings. The Morgan fingerprint density at radius 3 is 2.31 bits per heavy atom. The topological polar surface area (TPSA) is 59.0 Å². The van der Waals surface area contributed by atoms with Gasteiger partial charge in [0, 0.05) is 18.3 Å². The Bertz CT molecular complexity index is 1340. The molecule has 35 heavy (non-hydrogen) atoms. The van der Waals surface area contributed by atoms with Gasteiger partial charge in [-0.3, -0.25) is 4.79 Å². The highest BCUT2D eigenvalue weighted by atomic mass is 35.5. The number of nitrogens with zero attached hydrogens (tertiary/aromatic N) is 2. The number of rotatable bonds is 5. The number of carbonyl (C=O) groups excluding carboxylic acids is 1. The van der Waals surface area contributed by atoms with E-state index in [0.717, 1.165) is 16.3 Å². The van der Waals surface area contributed by atoms with Gasteiger partial charge in [-0.15, -0.1) is 0 Å². The van der Waals surface area contributed by atoms with E-state index in [9.17, 15) is 18.0 Å². The van der Waals surface area contributed by atoms with Crippen molar-refractivity contribution in [3.05, 3.63) is 90.6 Å². The predicted octanol–water partition coefficient (Wildman–Crippen LogP) is 7.16. The molecule has 1 atom stereocenters. The van der Waals surface area contributed by atoms with Crippen LogP contribution in [-0.4, -0.2) is 22.2 Å². The number of hydrogen-bond acceptors (Lipinski definition) is 3. The van der Waals surface area contributed by atoms with Gasteiger partial charge in [0.1, 0.15) is 11.9 Å². The molecule has 0 saturated carbocycles. The van der Waals surface area contributed by atoms with Crippen LogP contribution >= 0.6 is 46.4 Å². The molecule has 4 rings (SSSR count). The monoisotopic (exact) mass is 562 g/mol. The van der Waals surface area contributed by atoms with E-state index in [0.29, 0.717) is 27.7 Å². The van der Waals surface area contributed by atoms with Gasteiger partial charge in [0.25, 0.3) is 5.91 Å². The van der Waals surface area contributed by atoms with Gasteiger partial charge >= 0.3 is 6.18 Å². The van der Waals surface area contributed by atoms with Gasteiger partial charge in [-0.2, -0.15) is 18.3 Å². The summed E-state index contributed by atoms with van der Waals surface area (Å²) in [7, 11) is 0. The molecule has 2 aromatic carbocycles. The summed E-state index contributed by atoms with van der Waals surface area (Å²) in [6, 6.07) is 9.71. The first kappa shape index (κ1) is 25.7. The number of allylic oxidation sites excluding steroid dienone is 1. The van der Waals surface area contributed by atoms with Crippen LogP contribution in [0.4, 0.5) is 19.0 Å². The fourth-order valence-corrected chi connectivity index (χ4v) is 4.43. The third kappa shape index (κ3) is 5.40. The molecule has 1 amide bonds. The normalized spacial score (nSPS) is 15.6. The number of fused-ring (bicyclic) bond motifs is 1. The van der Waals surface area contributed by atoms with E-state index in [1.807, 2.05) is 0 Å². The fraction of sp³-hybridized carbons (Fsp3) is 0.217. The molecule has 12 heteroatoms. The average molecular weight is 564 g/mol. The van der Waals surface area contributed by atoms with Gasteiger partial charge in [0.05, 0.1) is 25.7 Å². The van der Waals surface area contributed by atoms with Crippen molar-refractivity contribution >= 4 is 58.1 Å². The van der Waals surface area contributed by atoms with Gasteiger partial charge < -0.3 is 10.6 Å². The molecule has 1 aromatic heterocycles. The number of aromatic nitrogens is 2. The minimum atomic E-state index is -4.66. The molecular weight excluding hydrogens is 547 g/mol. The number of carbonyl (C=O) groups is 1. The molecule has 1 aliphatic rings. The van der Waals surface area contributed by atoms with Crippen molar-refractivity contribution in [2.24, 2.45) is 0 Å². The molecule has 1 aliphatic heterocycles. The maximum atomic E-state index is 13.4. The zero-order chi connectivity index (χ0) is 25.5. The number of amides is 1. The standard InChI is InChI=1S/C23H17Cl4F3N4O/c1-11-20(22(35)31-7-6-12-2-4-14(24)16(26)8-12)21(13-3-5-15(25)17(27)9-13)34-19(32-11)10-18(33-34)23(28,29)30/h2-5,8-10,21,32H,6-7H2,1H3,(H,31,35). The van der Waals surface area contributed by atoms with Crippen molar-refractivity contribution in [2.45, 2.75) is 25.6 Å². The zero-order valence-electron chi connectivity index (χ0n) is 18.0. The first-order chi connectivity index (χ1) is 16.5. The molecule has 5 nitrogen and oxygen atoms in total. The number of hydrogen-bond donors (Lipinski definition) is 2. The first-order valence-electron chi connectivity index (χ1n) is 10.3. The van der Waals surface area contributed by atoms with Gasteiger partial charge in [-0.05, 0) is 48.7 Å². The third-order valence-electron chi connectivity index (χ3n) is 5.45. The van der Waals surface area contributed by atoms with Crippen LogP contribution < -0.4 is 10.6 Å². The second-order valence-corrected chi connectivity index (χ2v) is 9.48. The summed E-state index contributed by atoms with van der Waals surface area (Å²) in [4.78, 5) is 13.3. The maximum absolute atomic E-state index is 13.4. The Hall–Kier alpha value is -2.39. The molecule has 1 unspecified atom stereocenters. The molecule has 0 spiro atoms. The van der Waals surface area contributed by atoms with Crippen LogP contribution in [0.3, 0.4) is 0 Å². The summed E-state index contributed by atoms with van der Waals surface area (Å²) in [5.41, 5.74) is 0.806. The van der Waals surface area contributed by atoms with Crippen LogP contribution in [0.5, 0.6) is 0 Å². The molecule has 2 N–H and O–H groups in total. The Balaban J connectivity index is 1.66. The quantitative estimate of drug-likeness (QED) is 0.346. The second kappa shape index (κ2) is 9.93. The highest BCUT2D eigenvalue weighted by Gasteiger charge is 2.39. The van der Waals surface area contributed by atoms with Crippen LogP contribution in [0, 0.1) is 0 Å². The Kier molecular flexibility index (Phi) is 7.29. The smallest absolute Gasteiger partial charge is 0.352 e. The van der Waals surface area contributed by atoms with Crippen LogP contribution in [-0.2, 0) is 17.4 Å². The third-order valence-corrected chi connectivity index (χ3v) is 6.93. The number of benzene rings is 2. The van der Waals surface area contributed by atoms with Gasteiger partial charge in [-0.1, -0.05) is 58.5 Å². The van der Waals surface area contributed by atoms with E-state index >= 15 is 0 Å². The van der Waals surface area contributed by atoms with E-state index < -0.39 is 23.8 Å². The maximum Gasteiger partial charge on any atom is 0.435 e. The molecule has 0 aliphatic carbocycles. The number of halogens is 7. The van der Waals surface area contributed by atoms with Crippen molar-refractivity contribution in [2.75, 3.05) is 11.9 Å². The second-order valence-electron chi connectivity index (χ2n) is 7.85. The Labute approximate surface area is 218 Å². The van der Waals surface area contributed by atoms with E-state index in [1.54, 1.807) is 31.2 Å². The van der Waals surface area contributed by atoms with Crippen molar-refractivity contribution < 1.29 is 18.0 Å². The largest absolute Gasteiger partial charge is 0.435 e. The summed E-state index contributed by atoms with van der Waals surface area (Å²) in [5, 5.41) is 10.7. The predicted molar refractivity (Wildman–Crippen MR) is 131 cm³/mol. The lowest BCUT2D eigenvalue weighted by atomic mass is 9.94. The lowest BCUT2D eigenvalue weighted by molar-refractivity contribution is -0.141. The van der Waals surface area contributed by atoms with Crippen LogP contribution in [0.2, 0.25) is 20.1 Å². The van der Waals surface area contributed by atoms with Gasteiger partial charge in [-0.25, -0.2) is 4.68 Å². The van der Waals surface area contributed by atoms with Crippen molar-refractivity contribution in [1.29, 1.82) is 0 Å². The van der Waals surface area contributed by atoms with E-state index in [-0.39, 0.29) is 28.0 Å². The lowest BCUT2D eigenvalue weighted by Crippen LogP contribution is -2.35. The number of anilines is 1. The van der Waals surface area contributed by atoms with Crippen molar-refractivity contribution in [3.63, 3.8) is 0 Å². The van der Waals surface area contributed by atoms with Crippen LogP contribution in [0.1, 0.15) is 29.8 Å². The van der Waals surface area contributed by atoms with E-state index in [2.05, 4.69) is 15.7 Å². The molecule has 2 heterocycles. The Morgan fingerprint density at radius 1 is 1.03 bits per heavy atom. The molecular formula is C23H17Cl4F3N4O. The first-order valence-corrected chi connectivity index (χ1v) is 11.8. The summed E-state index contributed by atoms with van der Waals surface area (Å²) >= 11 is 24.2. The van der Waals surface area contributed by atoms with Crippen molar-refractivity contribution in [1.82, 2.24) is 15.1 Å². The zero-order valence-corrected chi connectivity index (χ0v) is 21.0.